The molecule has 2 N–H and O–H groups in total. The fraction of sp³-hybridized carbons (Fsp3) is 0.571. The minimum atomic E-state index is 0.0449. The Morgan fingerprint density at radius 1 is 1.39 bits per heavy atom. The molecular weight excluding hydrogens is 250 g/mol. The maximum atomic E-state index is 6.14. The van der Waals surface area contributed by atoms with E-state index in [2.05, 4.69) is 0 Å². The van der Waals surface area contributed by atoms with E-state index in [9.17, 15) is 0 Å². The van der Waals surface area contributed by atoms with E-state index < -0.39 is 0 Å². The van der Waals surface area contributed by atoms with Crippen molar-refractivity contribution in [3.8, 4) is 5.75 Å². The summed E-state index contributed by atoms with van der Waals surface area (Å²) < 4.78 is 11.0. The molecule has 0 amide bonds. The Hall–Kier alpha value is -0.770. The molecule has 0 radical (unpaired) electrons. The number of nitrogens with two attached hydrogens (primary N) is 1. The van der Waals surface area contributed by atoms with Crippen molar-refractivity contribution in [2.45, 2.75) is 24.7 Å². The van der Waals surface area contributed by atoms with E-state index >= 15 is 0 Å². The van der Waals surface area contributed by atoms with Gasteiger partial charge >= 0.3 is 0 Å². The maximum Gasteiger partial charge on any atom is 0.122 e. The zero-order chi connectivity index (χ0) is 13.0. The number of halogens is 1. The lowest BCUT2D eigenvalue weighted by Crippen LogP contribution is -2.36. The molecule has 1 aromatic rings. The van der Waals surface area contributed by atoms with Gasteiger partial charge in [0, 0.05) is 29.2 Å². The summed E-state index contributed by atoms with van der Waals surface area (Å²) in [5.74, 6) is 0.898. The molecule has 1 aromatic carbocycles. The molecule has 1 fully saturated rings. The fourth-order valence-corrected chi connectivity index (χ4v) is 2.96. The zero-order valence-corrected chi connectivity index (χ0v) is 11.5. The second-order valence-corrected chi connectivity index (χ2v) is 5.21. The Morgan fingerprint density at radius 3 is 2.72 bits per heavy atom. The predicted octanol–water partition coefficient (Wildman–Crippen LogP) is 2.75. The highest BCUT2D eigenvalue weighted by atomic mass is 35.5. The van der Waals surface area contributed by atoms with Gasteiger partial charge in [-0.05, 0) is 44.0 Å². The number of rotatable bonds is 4. The third-order valence-corrected chi connectivity index (χ3v) is 4.04. The van der Waals surface area contributed by atoms with Crippen molar-refractivity contribution < 1.29 is 9.47 Å². The number of benzene rings is 1. The van der Waals surface area contributed by atoms with Gasteiger partial charge in [0.05, 0.1) is 7.11 Å². The van der Waals surface area contributed by atoms with E-state index in [1.54, 1.807) is 7.11 Å². The molecule has 0 bridgehead atoms. The molecule has 0 aliphatic carbocycles. The van der Waals surface area contributed by atoms with E-state index in [0.717, 1.165) is 43.2 Å². The summed E-state index contributed by atoms with van der Waals surface area (Å²) in [5.41, 5.74) is 7.01. The molecule has 0 aromatic heterocycles. The van der Waals surface area contributed by atoms with Crippen molar-refractivity contribution in [3.63, 3.8) is 0 Å². The van der Waals surface area contributed by atoms with Crippen LogP contribution >= 0.6 is 11.6 Å². The van der Waals surface area contributed by atoms with Gasteiger partial charge in [0.2, 0.25) is 0 Å². The van der Waals surface area contributed by atoms with Crippen LogP contribution in [0.3, 0.4) is 0 Å². The smallest absolute Gasteiger partial charge is 0.122 e. The van der Waals surface area contributed by atoms with Gasteiger partial charge in [0.15, 0.2) is 0 Å². The largest absolute Gasteiger partial charge is 0.496 e. The molecule has 0 spiro atoms. The van der Waals surface area contributed by atoms with Crippen LogP contribution in [0.4, 0.5) is 0 Å². The summed E-state index contributed by atoms with van der Waals surface area (Å²) in [4.78, 5) is 0. The van der Waals surface area contributed by atoms with Gasteiger partial charge in [-0.2, -0.15) is 0 Å². The molecule has 1 heterocycles. The summed E-state index contributed by atoms with van der Waals surface area (Å²) in [5, 5.41) is 0.744. The third-order valence-electron chi connectivity index (χ3n) is 3.81. The van der Waals surface area contributed by atoms with Crippen LogP contribution in [0, 0.1) is 0 Å². The molecule has 4 heteroatoms. The lowest BCUT2D eigenvalue weighted by molar-refractivity contribution is 0.0468. The first-order valence-electron chi connectivity index (χ1n) is 6.34. The van der Waals surface area contributed by atoms with Gasteiger partial charge in [-0.25, -0.2) is 0 Å². The van der Waals surface area contributed by atoms with Crippen LogP contribution in [0.5, 0.6) is 5.75 Å². The molecule has 0 unspecified atom stereocenters. The van der Waals surface area contributed by atoms with E-state index in [1.807, 2.05) is 18.2 Å². The summed E-state index contributed by atoms with van der Waals surface area (Å²) in [7, 11) is 1.70. The second-order valence-electron chi connectivity index (χ2n) is 4.78. The van der Waals surface area contributed by atoms with Crippen LogP contribution in [0.1, 0.15) is 24.8 Å². The number of methoxy groups -OCH3 is 1. The van der Waals surface area contributed by atoms with Crippen LogP contribution in [-0.2, 0) is 10.2 Å². The van der Waals surface area contributed by atoms with Crippen LogP contribution in [0.25, 0.3) is 0 Å². The first kappa shape index (κ1) is 13.7. The van der Waals surface area contributed by atoms with Gasteiger partial charge < -0.3 is 15.2 Å². The highest BCUT2D eigenvalue weighted by molar-refractivity contribution is 6.30. The minimum Gasteiger partial charge on any atom is -0.496 e. The average molecular weight is 270 g/mol. The Bertz CT molecular complexity index is 397. The molecule has 2 rings (SSSR count). The zero-order valence-electron chi connectivity index (χ0n) is 10.7. The Labute approximate surface area is 113 Å². The summed E-state index contributed by atoms with van der Waals surface area (Å²) in [6.07, 6.45) is 2.88. The van der Waals surface area contributed by atoms with Gasteiger partial charge in [0.25, 0.3) is 0 Å². The summed E-state index contributed by atoms with van der Waals surface area (Å²) in [6, 6.07) is 5.81. The number of hydrogen-bond donors (Lipinski definition) is 1. The molecule has 0 atom stereocenters. The average Bonchev–Trinajstić information content (AvgIpc) is 2.40. The molecule has 1 aliphatic rings. The van der Waals surface area contributed by atoms with Crippen molar-refractivity contribution in [2.24, 2.45) is 5.73 Å². The molecule has 18 heavy (non-hydrogen) atoms. The standard InChI is InChI=1S/C14H20ClNO2/c1-17-13-3-2-11(15)10-12(13)14(4-7-16)5-8-18-9-6-14/h2-3,10H,4-9,16H2,1H3. The van der Waals surface area contributed by atoms with Gasteiger partial charge in [-0.3, -0.25) is 0 Å². The normalized spacial score (nSPS) is 18.6. The van der Waals surface area contributed by atoms with Crippen molar-refractivity contribution in [3.05, 3.63) is 28.8 Å². The van der Waals surface area contributed by atoms with E-state index in [-0.39, 0.29) is 5.41 Å². The quantitative estimate of drug-likeness (QED) is 0.914. The van der Waals surface area contributed by atoms with Gasteiger partial charge in [0.1, 0.15) is 5.75 Å². The van der Waals surface area contributed by atoms with Crippen LogP contribution in [0.2, 0.25) is 5.02 Å². The summed E-state index contributed by atoms with van der Waals surface area (Å²) in [6.45, 7) is 2.21. The molecule has 0 saturated carbocycles. The van der Waals surface area contributed by atoms with Crippen molar-refractivity contribution >= 4 is 11.6 Å². The second kappa shape index (κ2) is 5.91. The molecule has 1 saturated heterocycles. The van der Waals surface area contributed by atoms with Crippen molar-refractivity contribution in [1.29, 1.82) is 0 Å². The Morgan fingerprint density at radius 2 is 2.11 bits per heavy atom. The first-order chi connectivity index (χ1) is 8.72. The predicted molar refractivity (Wildman–Crippen MR) is 73.4 cm³/mol. The van der Waals surface area contributed by atoms with E-state index in [4.69, 9.17) is 26.8 Å². The lowest BCUT2D eigenvalue weighted by atomic mass is 9.71. The van der Waals surface area contributed by atoms with E-state index in [1.165, 1.54) is 5.56 Å². The summed E-state index contributed by atoms with van der Waals surface area (Å²) >= 11 is 6.14. The highest BCUT2D eigenvalue weighted by Crippen LogP contribution is 2.43. The van der Waals surface area contributed by atoms with Crippen molar-refractivity contribution in [1.82, 2.24) is 0 Å². The maximum absolute atomic E-state index is 6.14. The van der Waals surface area contributed by atoms with E-state index in [0.29, 0.717) is 6.54 Å². The van der Waals surface area contributed by atoms with Crippen LogP contribution in [0.15, 0.2) is 18.2 Å². The van der Waals surface area contributed by atoms with Gasteiger partial charge in [-0.15, -0.1) is 0 Å². The Balaban J connectivity index is 2.43. The van der Waals surface area contributed by atoms with Crippen LogP contribution in [-0.4, -0.2) is 26.9 Å². The fourth-order valence-electron chi connectivity index (χ4n) is 2.79. The molecular formula is C14H20ClNO2. The SMILES string of the molecule is COc1ccc(Cl)cc1C1(CCN)CCOCC1. The lowest BCUT2D eigenvalue weighted by Gasteiger charge is -2.38. The molecule has 100 valence electrons. The minimum absolute atomic E-state index is 0.0449. The third kappa shape index (κ3) is 2.63. The van der Waals surface area contributed by atoms with Gasteiger partial charge in [-0.1, -0.05) is 11.6 Å². The molecule has 3 nitrogen and oxygen atoms in total. The monoisotopic (exact) mass is 269 g/mol. The van der Waals surface area contributed by atoms with Crippen molar-refractivity contribution in [2.75, 3.05) is 26.9 Å². The molecule has 1 aliphatic heterocycles. The number of hydrogen-bond acceptors (Lipinski definition) is 3. The van der Waals surface area contributed by atoms with Crippen LogP contribution < -0.4 is 10.5 Å². The first-order valence-corrected chi connectivity index (χ1v) is 6.71. The Kier molecular flexibility index (Phi) is 4.49. The highest BCUT2D eigenvalue weighted by Gasteiger charge is 2.36. The topological polar surface area (TPSA) is 44.5 Å². The number of ether oxygens (including phenoxy) is 2.